The van der Waals surface area contributed by atoms with Crippen LogP contribution in [0.5, 0.6) is 0 Å². The zero-order chi connectivity index (χ0) is 40.5. The normalized spacial score (nSPS) is 12.0. The lowest BCUT2D eigenvalue weighted by Gasteiger charge is -2.24. The molecular weight excluding hydrogens is 689 g/mol. The van der Waals surface area contributed by atoms with Crippen LogP contribution in [0.4, 0.5) is 0 Å². The molecule has 0 aliphatic carbocycles. The molecule has 0 aromatic rings. The second-order valence-corrected chi connectivity index (χ2v) is 16.2. The Morgan fingerprint density at radius 3 is 1.33 bits per heavy atom. The van der Waals surface area contributed by atoms with Gasteiger partial charge in [-0.1, -0.05) is 156 Å². The largest absolute Gasteiger partial charge is 0.466 e. The first-order valence-electron chi connectivity index (χ1n) is 23.8. The van der Waals surface area contributed by atoms with E-state index in [-0.39, 0.29) is 23.9 Å². The summed E-state index contributed by atoms with van der Waals surface area (Å²) < 4.78 is 11.5. The van der Waals surface area contributed by atoms with Crippen molar-refractivity contribution in [1.82, 2.24) is 9.96 Å². The third kappa shape index (κ3) is 37.7. The van der Waals surface area contributed by atoms with Crippen LogP contribution in [0, 0.1) is 0 Å². The van der Waals surface area contributed by atoms with E-state index in [2.05, 4.69) is 25.7 Å². The van der Waals surface area contributed by atoms with Crippen molar-refractivity contribution in [1.29, 1.82) is 0 Å². The monoisotopic (exact) mass is 781 g/mol. The number of esters is 2. The molecule has 1 atom stereocenters. The molecule has 0 N–H and O–H groups in total. The highest BCUT2D eigenvalue weighted by Crippen LogP contribution is 2.18. The molecule has 0 saturated heterocycles. The maximum absolute atomic E-state index is 12.8. The van der Waals surface area contributed by atoms with Gasteiger partial charge in [0.25, 0.3) is 0 Å². The molecule has 1 unspecified atom stereocenters. The summed E-state index contributed by atoms with van der Waals surface area (Å²) in [6.45, 7) is 12.5. The predicted octanol–water partition coefficient (Wildman–Crippen LogP) is 13.1. The zero-order valence-electron chi connectivity index (χ0n) is 37.3. The quantitative estimate of drug-likeness (QED) is 0.0346. The van der Waals surface area contributed by atoms with E-state index in [1.165, 1.54) is 108 Å². The van der Waals surface area contributed by atoms with Gasteiger partial charge in [0.15, 0.2) is 0 Å². The fourth-order valence-electron chi connectivity index (χ4n) is 7.37. The van der Waals surface area contributed by atoms with Crippen LogP contribution >= 0.6 is 0 Å². The van der Waals surface area contributed by atoms with Crippen LogP contribution in [-0.4, -0.2) is 73.8 Å². The molecule has 326 valence electrons. The molecule has 8 nitrogen and oxygen atoms in total. The Bertz CT molecular complexity index is 855. The lowest BCUT2D eigenvalue weighted by atomic mass is 10.0. The number of nitrogens with zero attached hydrogens (tertiary/aromatic N) is 2. The molecule has 0 spiro atoms. The van der Waals surface area contributed by atoms with Crippen LogP contribution < -0.4 is 0 Å². The number of ether oxygens (including phenoxy) is 2. The molecular formula is C47H92N2O6. The lowest BCUT2D eigenvalue weighted by Crippen LogP contribution is -2.33. The van der Waals surface area contributed by atoms with Crippen LogP contribution in [0.25, 0.3) is 0 Å². The first-order chi connectivity index (χ1) is 26.9. The van der Waals surface area contributed by atoms with Crippen molar-refractivity contribution in [2.75, 3.05) is 39.9 Å². The highest BCUT2D eigenvalue weighted by atomic mass is 16.7. The number of unbranched alkanes of at least 4 members (excludes halogenated alkanes) is 23. The van der Waals surface area contributed by atoms with Gasteiger partial charge < -0.3 is 14.4 Å². The molecule has 8 heteroatoms. The third-order valence-electron chi connectivity index (χ3n) is 10.9. The molecule has 0 aliphatic rings. The van der Waals surface area contributed by atoms with Gasteiger partial charge in [0.1, 0.15) is 6.10 Å². The predicted molar refractivity (Wildman–Crippen MR) is 231 cm³/mol. The van der Waals surface area contributed by atoms with Crippen molar-refractivity contribution in [3.05, 3.63) is 0 Å². The molecule has 0 aromatic carbocycles. The minimum absolute atomic E-state index is 0.00474. The lowest BCUT2D eigenvalue weighted by molar-refractivity contribution is -0.173. The number of carbonyl (C=O) groups is 3. The topological polar surface area (TPSA) is 85.4 Å². The second kappa shape index (κ2) is 41.9. The smallest absolute Gasteiger partial charge is 0.306 e. The molecule has 0 heterocycles. The Morgan fingerprint density at radius 2 is 0.855 bits per heavy atom. The molecule has 0 saturated carbocycles. The van der Waals surface area contributed by atoms with Crippen LogP contribution in [0.15, 0.2) is 0 Å². The maximum atomic E-state index is 12.8. The maximum Gasteiger partial charge on any atom is 0.306 e. The van der Waals surface area contributed by atoms with E-state index in [1.54, 1.807) is 14.0 Å². The standard InChI is InChI=1S/C47H92N2O6/c1-6-9-12-15-17-26-33-43-54-46(51)37-29-22-18-24-31-39-48(41-34-42-49(53-5)44(4)50)40-32-25-19-23-30-38-47(52)55-45(35-27-20-14-11-8-3)36-28-21-16-13-10-7-2/h45H,6-43H2,1-5H3. The number of hydrogen-bond acceptors (Lipinski definition) is 7. The van der Waals surface area contributed by atoms with Crippen LogP contribution in [0.1, 0.15) is 240 Å². The summed E-state index contributed by atoms with van der Waals surface area (Å²) in [4.78, 5) is 44.4. The Morgan fingerprint density at radius 1 is 0.455 bits per heavy atom. The fourth-order valence-corrected chi connectivity index (χ4v) is 7.37. The minimum Gasteiger partial charge on any atom is -0.466 e. The van der Waals surface area contributed by atoms with Gasteiger partial charge in [-0.3, -0.25) is 19.2 Å². The van der Waals surface area contributed by atoms with Crippen LogP contribution in [0.3, 0.4) is 0 Å². The van der Waals surface area contributed by atoms with Crippen LogP contribution in [-0.2, 0) is 28.7 Å². The van der Waals surface area contributed by atoms with Gasteiger partial charge in [-0.25, -0.2) is 5.06 Å². The number of carbonyl (C=O) groups excluding carboxylic acids is 3. The summed E-state index contributed by atoms with van der Waals surface area (Å²) in [7, 11) is 1.55. The number of rotatable bonds is 43. The van der Waals surface area contributed by atoms with Gasteiger partial charge in [-0.05, 0) is 83.8 Å². The number of hydrogen-bond donors (Lipinski definition) is 0. The Hall–Kier alpha value is -1.67. The van der Waals surface area contributed by atoms with Crippen molar-refractivity contribution in [3.8, 4) is 0 Å². The van der Waals surface area contributed by atoms with Crippen molar-refractivity contribution >= 4 is 17.8 Å². The van der Waals surface area contributed by atoms with Gasteiger partial charge in [0.05, 0.1) is 13.7 Å². The summed E-state index contributed by atoms with van der Waals surface area (Å²) in [5, 5.41) is 1.44. The van der Waals surface area contributed by atoms with E-state index in [1.807, 2.05) is 0 Å². The molecule has 0 radical (unpaired) electrons. The SMILES string of the molecule is CCCCCCCCCOC(=O)CCCCCCCN(CCCCCCCC(=O)OC(CCCCCCC)CCCCCCCC)CCCN(OC)C(C)=O. The van der Waals surface area contributed by atoms with Gasteiger partial charge in [0, 0.05) is 26.3 Å². The van der Waals surface area contributed by atoms with Gasteiger partial charge in [-0.15, -0.1) is 0 Å². The van der Waals surface area contributed by atoms with E-state index in [0.717, 1.165) is 116 Å². The average Bonchev–Trinajstić information content (AvgIpc) is 3.17. The van der Waals surface area contributed by atoms with E-state index in [4.69, 9.17) is 14.3 Å². The average molecular weight is 781 g/mol. The summed E-state index contributed by atoms with van der Waals surface area (Å²) in [5.74, 6) is -0.0934. The third-order valence-corrected chi connectivity index (χ3v) is 10.9. The molecule has 0 aromatic heterocycles. The molecule has 55 heavy (non-hydrogen) atoms. The number of amides is 1. The van der Waals surface area contributed by atoms with Crippen molar-refractivity contribution in [2.24, 2.45) is 0 Å². The Balaban J connectivity index is 4.36. The second-order valence-electron chi connectivity index (χ2n) is 16.2. The minimum atomic E-state index is -0.0599. The molecule has 0 fully saturated rings. The summed E-state index contributed by atoms with van der Waals surface area (Å²) in [6, 6.07) is 0. The Labute approximate surface area is 341 Å². The highest BCUT2D eigenvalue weighted by molar-refractivity contribution is 5.72. The van der Waals surface area contributed by atoms with E-state index >= 15 is 0 Å². The summed E-state index contributed by atoms with van der Waals surface area (Å²) in [5.41, 5.74) is 0. The van der Waals surface area contributed by atoms with Crippen LogP contribution in [0.2, 0.25) is 0 Å². The van der Waals surface area contributed by atoms with Crippen molar-refractivity contribution in [2.45, 2.75) is 246 Å². The molecule has 0 rings (SSSR count). The fraction of sp³-hybridized carbons (Fsp3) is 0.936. The van der Waals surface area contributed by atoms with Gasteiger partial charge >= 0.3 is 11.9 Å². The van der Waals surface area contributed by atoms with Gasteiger partial charge in [0.2, 0.25) is 5.91 Å². The van der Waals surface area contributed by atoms with Gasteiger partial charge in [-0.2, -0.15) is 0 Å². The van der Waals surface area contributed by atoms with Crippen molar-refractivity contribution in [3.63, 3.8) is 0 Å². The molecule has 1 amide bonds. The van der Waals surface area contributed by atoms with E-state index < -0.39 is 0 Å². The van der Waals surface area contributed by atoms with Crippen molar-refractivity contribution < 1.29 is 28.7 Å². The molecule has 0 aliphatic heterocycles. The first kappa shape index (κ1) is 53.3. The van der Waals surface area contributed by atoms with E-state index in [0.29, 0.717) is 26.0 Å². The highest BCUT2D eigenvalue weighted by Gasteiger charge is 2.15. The summed E-state index contributed by atoms with van der Waals surface area (Å²) >= 11 is 0. The number of hydroxylamine groups is 2. The zero-order valence-corrected chi connectivity index (χ0v) is 37.3. The Kier molecular flexibility index (Phi) is 40.7. The first-order valence-corrected chi connectivity index (χ1v) is 23.8. The summed E-state index contributed by atoms with van der Waals surface area (Å²) in [6.07, 6.45) is 37.5. The molecule has 0 bridgehead atoms. The van der Waals surface area contributed by atoms with E-state index in [9.17, 15) is 14.4 Å².